The lowest BCUT2D eigenvalue weighted by Gasteiger charge is -2.29. The highest BCUT2D eigenvalue weighted by molar-refractivity contribution is 5.65. The molecule has 0 aromatic heterocycles. The van der Waals surface area contributed by atoms with Crippen LogP contribution in [0.15, 0.2) is 66.7 Å². The zero-order valence-electron chi connectivity index (χ0n) is 22.6. The highest BCUT2D eigenvalue weighted by Crippen LogP contribution is 2.39. The molecule has 1 aliphatic rings. The smallest absolute Gasteiger partial charge is 0.131 e. The minimum atomic E-state index is -0.0755. The van der Waals surface area contributed by atoms with E-state index in [2.05, 4.69) is 68.4 Å². The fraction of sp³-hybridized carbons (Fsp3) is 0.486. The highest BCUT2D eigenvalue weighted by Gasteiger charge is 2.23. The van der Waals surface area contributed by atoms with Gasteiger partial charge in [0.15, 0.2) is 0 Å². The summed E-state index contributed by atoms with van der Waals surface area (Å²) in [6.07, 6.45) is 16.2. The van der Waals surface area contributed by atoms with Crippen molar-refractivity contribution < 1.29 is 4.39 Å². The summed E-state index contributed by atoms with van der Waals surface area (Å²) in [4.78, 5) is 0. The normalized spacial score (nSPS) is 17.9. The molecule has 192 valence electrons. The quantitative estimate of drug-likeness (QED) is 0.224. The fourth-order valence-corrected chi connectivity index (χ4v) is 5.88. The number of unbranched alkanes of at least 4 members (excludes halogenated alkanes) is 3. The van der Waals surface area contributed by atoms with Crippen molar-refractivity contribution in [3.8, 4) is 11.1 Å². The number of rotatable bonds is 12. The number of benzene rings is 3. The molecule has 0 radical (unpaired) electrons. The van der Waals surface area contributed by atoms with Crippen molar-refractivity contribution in [3.05, 3.63) is 94.8 Å². The summed E-state index contributed by atoms with van der Waals surface area (Å²) in [7, 11) is 0. The Balaban J connectivity index is 1.30. The predicted octanol–water partition coefficient (Wildman–Crippen LogP) is 10.5. The zero-order chi connectivity index (χ0) is 25.2. The van der Waals surface area contributed by atoms with Crippen molar-refractivity contribution in [3.63, 3.8) is 0 Å². The summed E-state index contributed by atoms with van der Waals surface area (Å²) in [5.74, 6) is 1.34. The van der Waals surface area contributed by atoms with Gasteiger partial charge in [0.1, 0.15) is 5.82 Å². The molecule has 1 fully saturated rings. The SMILES string of the molecule is CCCCCC1CCC(c2ccc(-c3ccc(CCc4ccc(CCCC)cc4)cc3)c(F)c2)CC1. The van der Waals surface area contributed by atoms with Crippen LogP contribution >= 0.6 is 0 Å². The standard InChI is InChI=1S/C35H45F/c1-3-5-7-9-28-16-20-31(21-17-28)33-24-25-34(35(36)26-33)32-22-18-30(19-23-32)15-14-29-12-10-27(11-13-29)8-6-4-2/h10-13,18-19,22-26,28,31H,3-9,14-17,20-21H2,1-2H3. The minimum absolute atomic E-state index is 0.0755. The van der Waals surface area contributed by atoms with Gasteiger partial charge in [-0.25, -0.2) is 4.39 Å². The molecule has 0 heterocycles. The van der Waals surface area contributed by atoms with Gasteiger partial charge < -0.3 is 0 Å². The minimum Gasteiger partial charge on any atom is -0.206 e. The van der Waals surface area contributed by atoms with Crippen LogP contribution in [0.2, 0.25) is 0 Å². The van der Waals surface area contributed by atoms with Gasteiger partial charge in [-0.05, 0) is 97.1 Å². The summed E-state index contributed by atoms with van der Waals surface area (Å²) < 4.78 is 15.2. The summed E-state index contributed by atoms with van der Waals surface area (Å²) >= 11 is 0. The van der Waals surface area contributed by atoms with E-state index in [1.807, 2.05) is 12.1 Å². The molecular weight excluding hydrogens is 439 g/mol. The first-order chi connectivity index (χ1) is 17.7. The maximum absolute atomic E-state index is 15.2. The second-order valence-corrected chi connectivity index (χ2v) is 11.1. The largest absolute Gasteiger partial charge is 0.206 e. The van der Waals surface area contributed by atoms with Crippen LogP contribution in [0.25, 0.3) is 11.1 Å². The Morgan fingerprint density at radius 2 is 1.22 bits per heavy atom. The van der Waals surface area contributed by atoms with Gasteiger partial charge in [0.05, 0.1) is 0 Å². The van der Waals surface area contributed by atoms with Gasteiger partial charge in [0.25, 0.3) is 0 Å². The number of halogens is 1. The van der Waals surface area contributed by atoms with Gasteiger partial charge in [0.2, 0.25) is 0 Å². The third-order valence-corrected chi connectivity index (χ3v) is 8.34. The molecule has 4 rings (SSSR count). The number of hydrogen-bond donors (Lipinski definition) is 0. The van der Waals surface area contributed by atoms with Crippen molar-refractivity contribution in [2.24, 2.45) is 5.92 Å². The second kappa shape index (κ2) is 13.8. The summed E-state index contributed by atoms with van der Waals surface area (Å²) in [5, 5.41) is 0. The van der Waals surface area contributed by atoms with E-state index < -0.39 is 0 Å². The monoisotopic (exact) mass is 484 g/mol. The molecule has 0 saturated heterocycles. The van der Waals surface area contributed by atoms with Crippen LogP contribution in [0.1, 0.15) is 106 Å². The molecule has 36 heavy (non-hydrogen) atoms. The van der Waals surface area contributed by atoms with Gasteiger partial charge in [-0.2, -0.15) is 0 Å². The molecule has 1 heteroatoms. The first-order valence-corrected chi connectivity index (χ1v) is 14.6. The molecule has 0 bridgehead atoms. The molecule has 0 amide bonds. The Morgan fingerprint density at radius 1 is 0.639 bits per heavy atom. The Kier molecular flexibility index (Phi) is 10.2. The molecule has 0 aliphatic heterocycles. The Morgan fingerprint density at radius 3 is 1.81 bits per heavy atom. The van der Waals surface area contributed by atoms with Crippen LogP contribution in [0.5, 0.6) is 0 Å². The number of hydrogen-bond acceptors (Lipinski definition) is 0. The van der Waals surface area contributed by atoms with Crippen molar-refractivity contribution in [2.45, 2.75) is 103 Å². The Hall–Kier alpha value is -2.41. The third kappa shape index (κ3) is 7.55. The van der Waals surface area contributed by atoms with Gasteiger partial charge in [-0.1, -0.05) is 107 Å². The van der Waals surface area contributed by atoms with Crippen LogP contribution in [-0.2, 0) is 19.3 Å². The molecule has 1 saturated carbocycles. The second-order valence-electron chi connectivity index (χ2n) is 11.1. The van der Waals surface area contributed by atoms with Gasteiger partial charge in [-0.15, -0.1) is 0 Å². The first kappa shape index (κ1) is 26.6. The molecule has 0 spiro atoms. The Bertz CT molecular complexity index is 1040. The molecular formula is C35H45F. The highest BCUT2D eigenvalue weighted by atomic mass is 19.1. The van der Waals surface area contributed by atoms with Crippen LogP contribution in [-0.4, -0.2) is 0 Å². The van der Waals surface area contributed by atoms with E-state index in [0.29, 0.717) is 5.92 Å². The number of aryl methyl sites for hydroxylation is 3. The van der Waals surface area contributed by atoms with Crippen molar-refractivity contribution in [2.75, 3.05) is 0 Å². The zero-order valence-corrected chi connectivity index (χ0v) is 22.6. The summed E-state index contributed by atoms with van der Waals surface area (Å²) in [5.41, 5.74) is 7.02. The molecule has 3 aromatic rings. The molecule has 3 aromatic carbocycles. The van der Waals surface area contributed by atoms with E-state index in [1.165, 1.54) is 92.9 Å². The molecule has 0 nitrogen and oxygen atoms in total. The lowest BCUT2D eigenvalue weighted by molar-refractivity contribution is 0.302. The van der Waals surface area contributed by atoms with Gasteiger partial charge in [-0.3, -0.25) is 0 Å². The van der Waals surface area contributed by atoms with Crippen molar-refractivity contribution in [1.82, 2.24) is 0 Å². The fourth-order valence-electron chi connectivity index (χ4n) is 5.88. The Labute approximate surface area is 219 Å². The van der Waals surface area contributed by atoms with Crippen molar-refractivity contribution >= 4 is 0 Å². The first-order valence-electron chi connectivity index (χ1n) is 14.6. The predicted molar refractivity (Wildman–Crippen MR) is 153 cm³/mol. The summed E-state index contributed by atoms with van der Waals surface area (Å²) in [6.45, 7) is 4.52. The maximum Gasteiger partial charge on any atom is 0.131 e. The third-order valence-electron chi connectivity index (χ3n) is 8.34. The lowest BCUT2D eigenvalue weighted by atomic mass is 9.77. The van der Waals surface area contributed by atoms with Crippen molar-refractivity contribution in [1.29, 1.82) is 0 Å². The molecule has 0 unspecified atom stereocenters. The van der Waals surface area contributed by atoms with E-state index in [1.54, 1.807) is 0 Å². The van der Waals surface area contributed by atoms with E-state index in [9.17, 15) is 0 Å². The van der Waals surface area contributed by atoms with E-state index in [4.69, 9.17) is 0 Å². The van der Waals surface area contributed by atoms with Crippen LogP contribution in [0.4, 0.5) is 4.39 Å². The lowest BCUT2D eigenvalue weighted by Crippen LogP contribution is -2.13. The van der Waals surface area contributed by atoms with Crippen LogP contribution in [0.3, 0.4) is 0 Å². The maximum atomic E-state index is 15.2. The summed E-state index contributed by atoms with van der Waals surface area (Å²) in [6, 6.07) is 23.6. The molecule has 0 atom stereocenters. The van der Waals surface area contributed by atoms with Crippen LogP contribution in [0, 0.1) is 11.7 Å². The van der Waals surface area contributed by atoms with E-state index in [0.717, 1.165) is 29.9 Å². The van der Waals surface area contributed by atoms with E-state index >= 15 is 4.39 Å². The average Bonchev–Trinajstić information content (AvgIpc) is 2.92. The van der Waals surface area contributed by atoms with Crippen LogP contribution < -0.4 is 0 Å². The van der Waals surface area contributed by atoms with Gasteiger partial charge >= 0.3 is 0 Å². The molecule has 0 N–H and O–H groups in total. The van der Waals surface area contributed by atoms with Gasteiger partial charge in [0, 0.05) is 5.56 Å². The molecule has 1 aliphatic carbocycles. The topological polar surface area (TPSA) is 0 Å². The average molecular weight is 485 g/mol. The van der Waals surface area contributed by atoms with E-state index in [-0.39, 0.29) is 5.82 Å².